The molecular formula is C16H17Cl2NO3. The summed E-state index contributed by atoms with van der Waals surface area (Å²) < 4.78 is 16.4. The first-order chi connectivity index (χ1) is 10.6. The molecule has 0 bridgehead atoms. The lowest BCUT2D eigenvalue weighted by Gasteiger charge is -2.13. The molecule has 118 valence electrons. The zero-order chi connectivity index (χ0) is 15.9. The molecule has 22 heavy (non-hydrogen) atoms. The zero-order valence-electron chi connectivity index (χ0n) is 12.1. The molecule has 0 heterocycles. The molecule has 2 rings (SSSR count). The first-order valence-electron chi connectivity index (χ1n) is 6.71. The van der Waals surface area contributed by atoms with E-state index in [1.807, 2.05) is 12.1 Å². The Morgan fingerprint density at radius 1 is 0.955 bits per heavy atom. The van der Waals surface area contributed by atoms with Crippen molar-refractivity contribution in [3.8, 4) is 17.2 Å². The van der Waals surface area contributed by atoms with Crippen LogP contribution >= 0.6 is 23.2 Å². The fourth-order valence-electron chi connectivity index (χ4n) is 1.86. The first-order valence-corrected chi connectivity index (χ1v) is 7.47. The summed E-state index contributed by atoms with van der Waals surface area (Å²) >= 11 is 11.9. The summed E-state index contributed by atoms with van der Waals surface area (Å²) in [6, 6.07) is 10.6. The van der Waals surface area contributed by atoms with Gasteiger partial charge >= 0.3 is 0 Å². The fraction of sp³-hybridized carbons (Fsp3) is 0.250. The van der Waals surface area contributed by atoms with Crippen molar-refractivity contribution in [1.29, 1.82) is 0 Å². The van der Waals surface area contributed by atoms with E-state index >= 15 is 0 Å². The number of hydrogen-bond acceptors (Lipinski definition) is 4. The molecule has 0 aliphatic heterocycles. The van der Waals surface area contributed by atoms with Crippen LogP contribution in [0, 0.1) is 0 Å². The maximum atomic E-state index is 6.03. The average molecular weight is 342 g/mol. The van der Waals surface area contributed by atoms with Crippen LogP contribution in [0.3, 0.4) is 0 Å². The summed E-state index contributed by atoms with van der Waals surface area (Å²) in [6.45, 7) is 1.10. The lowest BCUT2D eigenvalue weighted by Crippen LogP contribution is -2.11. The van der Waals surface area contributed by atoms with Crippen LogP contribution in [-0.4, -0.2) is 20.3 Å². The molecular weight excluding hydrogens is 325 g/mol. The van der Waals surface area contributed by atoms with Gasteiger partial charge in [0.25, 0.3) is 0 Å². The lowest BCUT2D eigenvalue weighted by atomic mass is 10.2. The first kappa shape index (κ1) is 16.7. The van der Waals surface area contributed by atoms with E-state index in [9.17, 15) is 0 Å². The normalized spacial score (nSPS) is 10.4. The second-order valence-electron chi connectivity index (χ2n) is 4.45. The Balaban J connectivity index is 1.91. The highest BCUT2D eigenvalue weighted by molar-refractivity contribution is 6.35. The van der Waals surface area contributed by atoms with Crippen molar-refractivity contribution in [2.75, 3.05) is 20.3 Å². The molecule has 2 aromatic rings. The molecule has 0 aromatic heterocycles. The Morgan fingerprint density at radius 2 is 1.68 bits per heavy atom. The van der Waals surface area contributed by atoms with Gasteiger partial charge in [-0.15, -0.1) is 0 Å². The molecule has 0 saturated heterocycles. The van der Waals surface area contributed by atoms with Gasteiger partial charge in [0, 0.05) is 23.2 Å². The van der Waals surface area contributed by atoms with E-state index < -0.39 is 0 Å². The van der Waals surface area contributed by atoms with Gasteiger partial charge in [-0.05, 0) is 24.3 Å². The summed E-state index contributed by atoms with van der Waals surface area (Å²) in [5.74, 6) is 1.97. The predicted octanol–water partition coefficient (Wildman–Crippen LogP) is 3.92. The molecule has 4 nitrogen and oxygen atoms in total. The van der Waals surface area contributed by atoms with E-state index in [4.69, 9.17) is 43.1 Å². The van der Waals surface area contributed by atoms with Crippen LogP contribution in [0.4, 0.5) is 0 Å². The molecule has 0 fully saturated rings. The largest absolute Gasteiger partial charge is 0.497 e. The quantitative estimate of drug-likeness (QED) is 0.775. The van der Waals surface area contributed by atoms with Crippen molar-refractivity contribution in [3.63, 3.8) is 0 Å². The third-order valence-corrected chi connectivity index (χ3v) is 3.52. The Hall–Kier alpha value is -1.62. The van der Waals surface area contributed by atoms with Crippen LogP contribution in [-0.2, 0) is 6.54 Å². The zero-order valence-corrected chi connectivity index (χ0v) is 13.7. The third kappa shape index (κ3) is 4.44. The minimum absolute atomic E-state index is 0.350. The molecule has 0 unspecified atom stereocenters. The second kappa shape index (κ2) is 8.13. The van der Waals surface area contributed by atoms with Gasteiger partial charge in [0.15, 0.2) is 0 Å². The van der Waals surface area contributed by atoms with E-state index in [1.54, 1.807) is 31.4 Å². The third-order valence-electron chi connectivity index (χ3n) is 2.99. The molecule has 0 aliphatic carbocycles. The molecule has 2 N–H and O–H groups in total. The van der Waals surface area contributed by atoms with E-state index in [1.165, 1.54) is 0 Å². The second-order valence-corrected chi connectivity index (χ2v) is 5.29. The number of ether oxygens (including phenoxy) is 3. The van der Waals surface area contributed by atoms with Crippen LogP contribution in [0.1, 0.15) is 5.56 Å². The number of nitrogens with two attached hydrogens (primary N) is 1. The number of hydrogen-bond donors (Lipinski definition) is 1. The molecule has 0 amide bonds. The SMILES string of the molecule is COc1ccc(CN)c(OCCOc2ccc(Cl)cc2Cl)c1. The van der Waals surface area contributed by atoms with Gasteiger partial charge in [-0.2, -0.15) is 0 Å². The van der Waals surface area contributed by atoms with Gasteiger partial charge in [-0.25, -0.2) is 0 Å². The van der Waals surface area contributed by atoms with E-state index in [2.05, 4.69) is 0 Å². The lowest BCUT2D eigenvalue weighted by molar-refractivity contribution is 0.215. The summed E-state index contributed by atoms with van der Waals surface area (Å²) in [6.07, 6.45) is 0. The van der Waals surface area contributed by atoms with Crippen LogP contribution in [0.15, 0.2) is 36.4 Å². The van der Waals surface area contributed by atoms with Crippen LogP contribution in [0.5, 0.6) is 17.2 Å². The van der Waals surface area contributed by atoms with Crippen molar-refractivity contribution in [2.45, 2.75) is 6.54 Å². The predicted molar refractivity (Wildman–Crippen MR) is 88.3 cm³/mol. The molecule has 0 saturated carbocycles. The Bertz CT molecular complexity index is 635. The maximum Gasteiger partial charge on any atom is 0.138 e. The van der Waals surface area contributed by atoms with E-state index in [0.717, 1.165) is 5.56 Å². The molecule has 2 aromatic carbocycles. The molecule has 0 atom stereocenters. The summed E-state index contributed by atoms with van der Waals surface area (Å²) in [5.41, 5.74) is 6.60. The van der Waals surface area contributed by atoms with Gasteiger partial charge in [0.2, 0.25) is 0 Å². The van der Waals surface area contributed by atoms with E-state index in [-0.39, 0.29) is 0 Å². The highest BCUT2D eigenvalue weighted by Gasteiger charge is 2.06. The Kier molecular flexibility index (Phi) is 6.19. The number of methoxy groups -OCH3 is 1. The number of halogens is 2. The van der Waals surface area contributed by atoms with Gasteiger partial charge in [-0.1, -0.05) is 29.3 Å². The van der Waals surface area contributed by atoms with Crippen LogP contribution in [0.25, 0.3) is 0 Å². The fourth-order valence-corrected chi connectivity index (χ4v) is 2.32. The summed E-state index contributed by atoms with van der Waals surface area (Å²) in [5, 5.41) is 1.04. The molecule has 0 radical (unpaired) electrons. The van der Waals surface area contributed by atoms with Crippen molar-refractivity contribution < 1.29 is 14.2 Å². The standard InChI is InChI=1S/C16H17Cl2NO3/c1-20-13-4-2-11(10-19)16(9-13)22-7-6-21-15-5-3-12(17)8-14(15)18/h2-5,8-9H,6-7,10,19H2,1H3. The highest BCUT2D eigenvalue weighted by Crippen LogP contribution is 2.28. The minimum Gasteiger partial charge on any atom is -0.497 e. The Morgan fingerprint density at radius 3 is 2.32 bits per heavy atom. The Labute approximate surface area is 139 Å². The minimum atomic E-state index is 0.350. The van der Waals surface area contributed by atoms with Crippen molar-refractivity contribution >= 4 is 23.2 Å². The van der Waals surface area contributed by atoms with Crippen molar-refractivity contribution in [1.82, 2.24) is 0 Å². The van der Waals surface area contributed by atoms with Gasteiger partial charge in [0.05, 0.1) is 12.1 Å². The van der Waals surface area contributed by atoms with Crippen LogP contribution < -0.4 is 19.9 Å². The van der Waals surface area contributed by atoms with E-state index in [0.29, 0.717) is 47.1 Å². The number of rotatable bonds is 7. The van der Waals surface area contributed by atoms with Gasteiger partial charge in [-0.3, -0.25) is 0 Å². The molecule has 0 aliphatic rings. The summed E-state index contributed by atoms with van der Waals surface area (Å²) in [4.78, 5) is 0. The van der Waals surface area contributed by atoms with Gasteiger partial charge in [0.1, 0.15) is 30.5 Å². The number of benzene rings is 2. The highest BCUT2D eigenvalue weighted by atomic mass is 35.5. The topological polar surface area (TPSA) is 53.7 Å². The summed E-state index contributed by atoms with van der Waals surface area (Å²) in [7, 11) is 1.60. The average Bonchev–Trinajstić information content (AvgIpc) is 2.53. The van der Waals surface area contributed by atoms with Crippen molar-refractivity contribution in [3.05, 3.63) is 52.0 Å². The van der Waals surface area contributed by atoms with Crippen molar-refractivity contribution in [2.24, 2.45) is 5.73 Å². The van der Waals surface area contributed by atoms with Crippen LogP contribution in [0.2, 0.25) is 10.0 Å². The maximum absolute atomic E-state index is 6.03. The monoisotopic (exact) mass is 341 g/mol. The molecule has 6 heteroatoms. The van der Waals surface area contributed by atoms with Gasteiger partial charge < -0.3 is 19.9 Å². The smallest absolute Gasteiger partial charge is 0.138 e. The molecule has 0 spiro atoms.